The van der Waals surface area contributed by atoms with E-state index in [9.17, 15) is 4.79 Å². The lowest BCUT2D eigenvalue weighted by Gasteiger charge is -2.25. The number of hydrogen-bond acceptors (Lipinski definition) is 2. The molecule has 0 saturated heterocycles. The Hall–Kier alpha value is -1.07. The minimum Gasteiger partial charge on any atom is -0.395 e. The predicted octanol–water partition coefficient (Wildman–Crippen LogP) is 2.02. The van der Waals surface area contributed by atoms with Crippen molar-refractivity contribution in [1.82, 2.24) is 10.6 Å². The van der Waals surface area contributed by atoms with Gasteiger partial charge in [0.1, 0.15) is 0 Å². The van der Waals surface area contributed by atoms with Crippen molar-refractivity contribution in [1.29, 1.82) is 0 Å². The first-order valence-corrected chi connectivity index (χ1v) is 6.63. The number of halogens is 1. The molecule has 0 heterocycles. The highest BCUT2D eigenvalue weighted by Crippen LogP contribution is 2.23. The molecule has 0 atom stereocenters. The van der Waals surface area contributed by atoms with Gasteiger partial charge in [-0.2, -0.15) is 0 Å². The van der Waals surface area contributed by atoms with Crippen molar-refractivity contribution in [3.05, 3.63) is 34.3 Å². The smallest absolute Gasteiger partial charge is 0.314 e. The molecule has 0 unspecified atom stereocenters. The standard InChI is InChI=1S/C13H19BrN2O2/c1-13(2,9-16-12(18)15-7-8-17)10-3-5-11(14)6-4-10/h3-6,17H,7-9H2,1-2H3,(H2,15,16,18). The average molecular weight is 315 g/mol. The Morgan fingerprint density at radius 1 is 1.28 bits per heavy atom. The summed E-state index contributed by atoms with van der Waals surface area (Å²) < 4.78 is 1.04. The summed E-state index contributed by atoms with van der Waals surface area (Å²) in [5.41, 5.74) is 1.02. The van der Waals surface area contributed by atoms with Crippen LogP contribution in [0.15, 0.2) is 28.7 Å². The fourth-order valence-electron chi connectivity index (χ4n) is 1.54. The van der Waals surface area contributed by atoms with Crippen molar-refractivity contribution in [2.24, 2.45) is 0 Å². The normalized spacial score (nSPS) is 11.1. The molecule has 0 bridgehead atoms. The van der Waals surface area contributed by atoms with E-state index in [4.69, 9.17) is 5.11 Å². The molecular weight excluding hydrogens is 296 g/mol. The van der Waals surface area contributed by atoms with Gasteiger partial charge in [0, 0.05) is 23.0 Å². The van der Waals surface area contributed by atoms with Gasteiger partial charge in [-0.25, -0.2) is 4.79 Å². The molecule has 2 amide bonds. The number of nitrogens with one attached hydrogen (secondary N) is 2. The third kappa shape index (κ3) is 4.66. The number of urea groups is 1. The van der Waals surface area contributed by atoms with E-state index in [0.717, 1.165) is 10.0 Å². The lowest BCUT2D eigenvalue weighted by molar-refractivity contribution is 0.232. The van der Waals surface area contributed by atoms with Gasteiger partial charge in [-0.3, -0.25) is 0 Å². The minimum absolute atomic E-state index is 0.0521. The van der Waals surface area contributed by atoms with Crippen molar-refractivity contribution in [2.75, 3.05) is 19.7 Å². The van der Waals surface area contributed by atoms with Gasteiger partial charge in [0.05, 0.1) is 6.61 Å². The molecule has 3 N–H and O–H groups in total. The quantitative estimate of drug-likeness (QED) is 0.778. The van der Waals surface area contributed by atoms with Crippen LogP contribution in [0.25, 0.3) is 0 Å². The molecule has 0 aliphatic heterocycles. The maximum absolute atomic E-state index is 11.4. The van der Waals surface area contributed by atoms with Gasteiger partial charge in [-0.15, -0.1) is 0 Å². The van der Waals surface area contributed by atoms with Crippen LogP contribution < -0.4 is 10.6 Å². The predicted molar refractivity (Wildman–Crippen MR) is 75.7 cm³/mol. The van der Waals surface area contributed by atoms with E-state index in [1.54, 1.807) is 0 Å². The topological polar surface area (TPSA) is 61.4 Å². The van der Waals surface area contributed by atoms with E-state index in [-0.39, 0.29) is 24.6 Å². The largest absolute Gasteiger partial charge is 0.395 e. The first-order chi connectivity index (χ1) is 8.45. The number of carbonyl (C=O) groups excluding carboxylic acids is 1. The summed E-state index contributed by atoms with van der Waals surface area (Å²) in [7, 11) is 0. The van der Waals surface area contributed by atoms with Crippen LogP contribution in [-0.2, 0) is 5.41 Å². The summed E-state index contributed by atoms with van der Waals surface area (Å²) in [6, 6.07) is 7.80. The second-order valence-electron chi connectivity index (χ2n) is 4.72. The third-order valence-corrected chi connectivity index (χ3v) is 3.24. The van der Waals surface area contributed by atoms with Crippen molar-refractivity contribution < 1.29 is 9.90 Å². The Balaban J connectivity index is 2.54. The van der Waals surface area contributed by atoms with Gasteiger partial charge in [0.2, 0.25) is 0 Å². The first kappa shape index (κ1) is 15.0. The summed E-state index contributed by atoms with van der Waals surface area (Å²) >= 11 is 3.40. The van der Waals surface area contributed by atoms with Gasteiger partial charge in [-0.1, -0.05) is 41.9 Å². The lowest BCUT2D eigenvalue weighted by atomic mass is 9.85. The summed E-state index contributed by atoms with van der Waals surface area (Å²) in [4.78, 5) is 11.4. The molecule has 5 heteroatoms. The van der Waals surface area contributed by atoms with Gasteiger partial charge in [0.25, 0.3) is 0 Å². The van der Waals surface area contributed by atoms with Crippen molar-refractivity contribution in [3.63, 3.8) is 0 Å². The molecule has 100 valence electrons. The molecule has 18 heavy (non-hydrogen) atoms. The van der Waals surface area contributed by atoms with Crippen LogP contribution in [0, 0.1) is 0 Å². The molecule has 1 rings (SSSR count). The Bertz CT molecular complexity index is 390. The molecule has 1 aromatic carbocycles. The molecule has 0 aliphatic carbocycles. The fraction of sp³-hybridized carbons (Fsp3) is 0.462. The molecular formula is C13H19BrN2O2. The van der Waals surface area contributed by atoms with Gasteiger partial charge >= 0.3 is 6.03 Å². The minimum atomic E-state index is -0.255. The lowest BCUT2D eigenvalue weighted by Crippen LogP contribution is -2.43. The third-order valence-electron chi connectivity index (χ3n) is 2.71. The fourth-order valence-corrected chi connectivity index (χ4v) is 1.80. The maximum Gasteiger partial charge on any atom is 0.314 e. The molecule has 1 aromatic rings. The number of carbonyl (C=O) groups is 1. The van der Waals surface area contributed by atoms with E-state index in [1.807, 2.05) is 24.3 Å². The monoisotopic (exact) mass is 314 g/mol. The molecule has 0 spiro atoms. The number of amides is 2. The van der Waals surface area contributed by atoms with Crippen molar-refractivity contribution in [2.45, 2.75) is 19.3 Å². The van der Waals surface area contributed by atoms with Crippen LogP contribution in [-0.4, -0.2) is 30.8 Å². The zero-order valence-electron chi connectivity index (χ0n) is 10.7. The van der Waals surface area contributed by atoms with Crippen LogP contribution in [0.3, 0.4) is 0 Å². The van der Waals surface area contributed by atoms with Gasteiger partial charge in [0.15, 0.2) is 0 Å². The van der Waals surface area contributed by atoms with Crippen LogP contribution >= 0.6 is 15.9 Å². The second kappa shape index (κ2) is 6.75. The summed E-state index contributed by atoms with van der Waals surface area (Å²) in [6.07, 6.45) is 0. The Kier molecular flexibility index (Phi) is 5.62. The highest BCUT2D eigenvalue weighted by molar-refractivity contribution is 9.10. The molecule has 0 saturated carbocycles. The molecule has 0 aromatic heterocycles. The van der Waals surface area contributed by atoms with Gasteiger partial charge in [-0.05, 0) is 17.7 Å². The number of rotatable bonds is 5. The molecule has 4 nitrogen and oxygen atoms in total. The average Bonchev–Trinajstić information content (AvgIpc) is 2.34. The number of aliphatic hydroxyl groups excluding tert-OH is 1. The Morgan fingerprint density at radius 2 is 1.89 bits per heavy atom. The SMILES string of the molecule is CC(C)(CNC(=O)NCCO)c1ccc(Br)cc1. The van der Waals surface area contributed by atoms with Gasteiger partial charge < -0.3 is 15.7 Å². The maximum atomic E-state index is 11.4. The van der Waals surface area contributed by atoms with E-state index in [0.29, 0.717) is 6.54 Å². The second-order valence-corrected chi connectivity index (χ2v) is 5.64. The van der Waals surface area contributed by atoms with Crippen LogP contribution in [0.2, 0.25) is 0 Å². The summed E-state index contributed by atoms with van der Waals surface area (Å²) in [6.45, 7) is 4.89. The zero-order chi connectivity index (χ0) is 13.6. The summed E-state index contributed by atoms with van der Waals surface area (Å²) in [5, 5.41) is 14.0. The first-order valence-electron chi connectivity index (χ1n) is 5.84. The number of aliphatic hydroxyl groups is 1. The van der Waals surface area contributed by atoms with E-state index < -0.39 is 0 Å². The van der Waals surface area contributed by atoms with E-state index >= 15 is 0 Å². The number of benzene rings is 1. The molecule has 0 radical (unpaired) electrons. The Morgan fingerprint density at radius 3 is 2.44 bits per heavy atom. The van der Waals surface area contributed by atoms with Crippen LogP contribution in [0.4, 0.5) is 4.79 Å². The highest BCUT2D eigenvalue weighted by atomic mass is 79.9. The van der Waals surface area contributed by atoms with Crippen molar-refractivity contribution >= 4 is 22.0 Å². The molecule has 0 fully saturated rings. The van der Waals surface area contributed by atoms with Crippen molar-refractivity contribution in [3.8, 4) is 0 Å². The van der Waals surface area contributed by atoms with Crippen LogP contribution in [0.5, 0.6) is 0 Å². The van der Waals surface area contributed by atoms with E-state index in [1.165, 1.54) is 0 Å². The summed E-state index contributed by atoms with van der Waals surface area (Å²) in [5.74, 6) is 0. The number of hydrogen-bond donors (Lipinski definition) is 3. The Labute approximate surface area is 116 Å². The zero-order valence-corrected chi connectivity index (χ0v) is 12.3. The van der Waals surface area contributed by atoms with Crippen LogP contribution in [0.1, 0.15) is 19.4 Å². The highest BCUT2D eigenvalue weighted by Gasteiger charge is 2.21. The van der Waals surface area contributed by atoms with E-state index in [2.05, 4.69) is 40.4 Å². The molecule has 0 aliphatic rings.